The maximum atomic E-state index is 5.13. The third-order valence-electron chi connectivity index (χ3n) is 4.87. The number of aromatic nitrogens is 1. The van der Waals surface area contributed by atoms with Gasteiger partial charge in [0.1, 0.15) is 0 Å². The average Bonchev–Trinajstić information content (AvgIpc) is 3.20. The first-order chi connectivity index (χ1) is 10.4. The Hall–Kier alpha value is -0.410. The molecule has 0 radical (unpaired) electrons. The quantitative estimate of drug-likeness (QED) is 0.717. The van der Waals surface area contributed by atoms with Gasteiger partial charge in [-0.1, -0.05) is 39.0 Å². The monoisotopic (exact) mass is 306 g/mol. The van der Waals surface area contributed by atoms with Gasteiger partial charge in [0.25, 0.3) is 0 Å². The summed E-state index contributed by atoms with van der Waals surface area (Å²) in [4.78, 5) is 6.67. The Kier molecular flexibility index (Phi) is 5.70. The molecule has 3 heteroatoms. The van der Waals surface area contributed by atoms with Crippen molar-refractivity contribution in [1.29, 1.82) is 0 Å². The van der Waals surface area contributed by atoms with Crippen molar-refractivity contribution in [3.05, 3.63) is 15.6 Å². The Morgan fingerprint density at radius 3 is 2.38 bits per heavy atom. The maximum absolute atomic E-state index is 5.13. The summed E-state index contributed by atoms with van der Waals surface area (Å²) >= 11 is 2.03. The molecule has 0 spiro atoms. The maximum Gasteiger partial charge on any atom is 0.0962 e. The number of thiazole rings is 1. The SMILES string of the molecule is CCCNCc1sc(C2CCCCCCC2)nc1C1CC1. The molecule has 21 heavy (non-hydrogen) atoms. The molecule has 118 valence electrons. The zero-order valence-electron chi connectivity index (χ0n) is 13.5. The summed E-state index contributed by atoms with van der Waals surface area (Å²) in [5.41, 5.74) is 1.46. The zero-order chi connectivity index (χ0) is 14.5. The Bertz CT molecular complexity index is 428. The van der Waals surface area contributed by atoms with Crippen LogP contribution in [-0.2, 0) is 6.54 Å². The molecule has 0 amide bonds. The van der Waals surface area contributed by atoms with Crippen molar-refractivity contribution in [3.8, 4) is 0 Å². The molecule has 2 fully saturated rings. The van der Waals surface area contributed by atoms with Crippen LogP contribution in [0.2, 0.25) is 0 Å². The van der Waals surface area contributed by atoms with E-state index in [1.807, 2.05) is 11.3 Å². The van der Waals surface area contributed by atoms with Crippen molar-refractivity contribution in [1.82, 2.24) is 10.3 Å². The number of nitrogens with zero attached hydrogens (tertiary/aromatic N) is 1. The van der Waals surface area contributed by atoms with Crippen molar-refractivity contribution in [2.24, 2.45) is 0 Å². The lowest BCUT2D eigenvalue weighted by Crippen LogP contribution is -2.13. The predicted molar refractivity (Wildman–Crippen MR) is 91.1 cm³/mol. The van der Waals surface area contributed by atoms with E-state index in [2.05, 4.69) is 12.2 Å². The van der Waals surface area contributed by atoms with Crippen LogP contribution in [0.4, 0.5) is 0 Å². The van der Waals surface area contributed by atoms with E-state index in [9.17, 15) is 0 Å². The predicted octanol–water partition coefficient (Wildman–Crippen LogP) is 5.35. The molecule has 0 bridgehead atoms. The number of hydrogen-bond acceptors (Lipinski definition) is 3. The number of nitrogens with one attached hydrogen (secondary N) is 1. The standard InChI is InChI=1S/C18H30N2S/c1-2-12-19-13-16-17(14-10-11-14)20-18(21-16)15-8-6-4-3-5-7-9-15/h14-15,19H,2-13H2,1H3. The van der Waals surface area contributed by atoms with Crippen molar-refractivity contribution in [2.75, 3.05) is 6.54 Å². The van der Waals surface area contributed by atoms with E-state index in [4.69, 9.17) is 4.98 Å². The van der Waals surface area contributed by atoms with E-state index in [1.54, 1.807) is 4.88 Å². The van der Waals surface area contributed by atoms with Crippen LogP contribution in [0, 0.1) is 0 Å². The van der Waals surface area contributed by atoms with Gasteiger partial charge < -0.3 is 5.32 Å². The van der Waals surface area contributed by atoms with Crippen LogP contribution in [0.25, 0.3) is 0 Å². The topological polar surface area (TPSA) is 24.9 Å². The molecular weight excluding hydrogens is 276 g/mol. The van der Waals surface area contributed by atoms with Crippen LogP contribution in [0.1, 0.15) is 98.5 Å². The van der Waals surface area contributed by atoms with Crippen LogP contribution < -0.4 is 5.32 Å². The minimum Gasteiger partial charge on any atom is -0.312 e. The first kappa shape index (κ1) is 15.5. The first-order valence-corrected chi connectivity index (χ1v) is 9.90. The van der Waals surface area contributed by atoms with E-state index in [0.29, 0.717) is 0 Å². The van der Waals surface area contributed by atoms with Gasteiger partial charge >= 0.3 is 0 Å². The van der Waals surface area contributed by atoms with Crippen LogP contribution in [0.15, 0.2) is 0 Å². The highest BCUT2D eigenvalue weighted by Gasteiger charge is 2.30. The van der Waals surface area contributed by atoms with Gasteiger partial charge in [0.15, 0.2) is 0 Å². The van der Waals surface area contributed by atoms with Crippen molar-refractivity contribution in [3.63, 3.8) is 0 Å². The van der Waals surface area contributed by atoms with Crippen molar-refractivity contribution >= 4 is 11.3 Å². The molecule has 1 aromatic heterocycles. The molecule has 2 aliphatic rings. The lowest BCUT2D eigenvalue weighted by molar-refractivity contribution is 0.454. The summed E-state index contributed by atoms with van der Waals surface area (Å²) in [6.07, 6.45) is 13.8. The van der Waals surface area contributed by atoms with E-state index >= 15 is 0 Å². The lowest BCUT2D eigenvalue weighted by Gasteiger charge is -2.17. The van der Waals surface area contributed by atoms with Crippen LogP contribution in [0.5, 0.6) is 0 Å². The summed E-state index contributed by atoms with van der Waals surface area (Å²) in [6, 6.07) is 0. The molecule has 1 heterocycles. The van der Waals surface area contributed by atoms with E-state index in [-0.39, 0.29) is 0 Å². The Labute approximate surface area is 133 Å². The molecule has 2 saturated carbocycles. The van der Waals surface area contributed by atoms with Gasteiger partial charge in [-0.3, -0.25) is 0 Å². The molecule has 0 saturated heterocycles. The van der Waals surface area contributed by atoms with Crippen molar-refractivity contribution < 1.29 is 0 Å². The fourth-order valence-corrected chi connectivity index (χ4v) is 4.73. The van der Waals surface area contributed by atoms with Gasteiger partial charge in [0, 0.05) is 23.3 Å². The molecule has 2 aliphatic carbocycles. The number of hydrogen-bond donors (Lipinski definition) is 1. The Morgan fingerprint density at radius 2 is 1.71 bits per heavy atom. The normalized spacial score (nSPS) is 21.2. The second kappa shape index (κ2) is 7.73. The smallest absolute Gasteiger partial charge is 0.0962 e. The summed E-state index contributed by atoms with van der Waals surface area (Å²) < 4.78 is 0. The molecule has 2 nitrogen and oxygen atoms in total. The van der Waals surface area contributed by atoms with Gasteiger partial charge in [-0.05, 0) is 38.6 Å². The minimum atomic E-state index is 0.757. The van der Waals surface area contributed by atoms with E-state index in [1.165, 1.54) is 74.9 Å². The van der Waals surface area contributed by atoms with Crippen molar-refractivity contribution in [2.45, 2.75) is 89.5 Å². The molecule has 0 unspecified atom stereocenters. The Morgan fingerprint density at radius 1 is 1.00 bits per heavy atom. The minimum absolute atomic E-state index is 0.757. The summed E-state index contributed by atoms with van der Waals surface area (Å²) in [5, 5.41) is 5.05. The van der Waals surface area contributed by atoms with Gasteiger partial charge in [-0.25, -0.2) is 4.98 Å². The van der Waals surface area contributed by atoms with Crippen LogP contribution in [0.3, 0.4) is 0 Å². The van der Waals surface area contributed by atoms with E-state index in [0.717, 1.165) is 24.9 Å². The summed E-state index contributed by atoms with van der Waals surface area (Å²) in [6.45, 7) is 4.41. The largest absolute Gasteiger partial charge is 0.312 e. The highest BCUT2D eigenvalue weighted by atomic mass is 32.1. The molecule has 1 aromatic rings. The number of rotatable bonds is 6. The second-order valence-corrected chi connectivity index (χ2v) is 7.97. The molecule has 3 rings (SSSR count). The fraction of sp³-hybridized carbons (Fsp3) is 0.833. The molecule has 0 aromatic carbocycles. The van der Waals surface area contributed by atoms with Gasteiger partial charge in [-0.2, -0.15) is 0 Å². The highest BCUT2D eigenvalue weighted by Crippen LogP contribution is 2.44. The van der Waals surface area contributed by atoms with Gasteiger partial charge in [0.2, 0.25) is 0 Å². The third kappa shape index (κ3) is 4.29. The molecule has 1 N–H and O–H groups in total. The molecule has 0 atom stereocenters. The van der Waals surface area contributed by atoms with Gasteiger partial charge in [-0.15, -0.1) is 11.3 Å². The fourth-order valence-electron chi connectivity index (χ4n) is 3.44. The highest BCUT2D eigenvalue weighted by molar-refractivity contribution is 7.11. The molecule has 0 aliphatic heterocycles. The lowest BCUT2D eigenvalue weighted by atomic mass is 9.92. The molecular formula is C18H30N2S. The summed E-state index contributed by atoms with van der Waals surface area (Å²) in [5.74, 6) is 1.55. The second-order valence-electron chi connectivity index (χ2n) is 6.85. The summed E-state index contributed by atoms with van der Waals surface area (Å²) in [7, 11) is 0. The van der Waals surface area contributed by atoms with Crippen LogP contribution in [-0.4, -0.2) is 11.5 Å². The van der Waals surface area contributed by atoms with Gasteiger partial charge in [0.05, 0.1) is 10.7 Å². The van der Waals surface area contributed by atoms with E-state index < -0.39 is 0 Å². The Balaban J connectivity index is 1.70. The first-order valence-electron chi connectivity index (χ1n) is 9.08. The average molecular weight is 307 g/mol. The zero-order valence-corrected chi connectivity index (χ0v) is 14.3. The third-order valence-corrected chi connectivity index (χ3v) is 6.11. The van der Waals surface area contributed by atoms with Crippen LogP contribution >= 0.6 is 11.3 Å².